The zero-order chi connectivity index (χ0) is 14.7. The molecule has 110 valence electrons. The van der Waals surface area contributed by atoms with Crippen molar-refractivity contribution in [3.8, 4) is 11.5 Å². The summed E-state index contributed by atoms with van der Waals surface area (Å²) < 4.78 is 10.5. The van der Waals surface area contributed by atoms with Crippen LogP contribution in [0.15, 0.2) is 18.2 Å². The molecule has 1 fully saturated rings. The summed E-state index contributed by atoms with van der Waals surface area (Å²) in [6.45, 7) is 1.07. The van der Waals surface area contributed by atoms with Crippen molar-refractivity contribution in [1.29, 1.82) is 0 Å². The summed E-state index contributed by atoms with van der Waals surface area (Å²) in [7, 11) is 3.17. The molecule has 6 heteroatoms. The lowest BCUT2D eigenvalue weighted by atomic mass is 9.94. The standard InChI is InChI=1S/C14H20N2O4/c1-19-12-4-11(5-13(6-12)20-2)16-7-9(14(17)18)3-10(15)8-16/h4-6,9-10H,3,7-8,15H2,1-2H3,(H,17,18). The fourth-order valence-electron chi connectivity index (χ4n) is 2.50. The molecule has 1 aliphatic rings. The fraction of sp³-hybridized carbons (Fsp3) is 0.500. The molecule has 0 amide bonds. The van der Waals surface area contributed by atoms with Crippen LogP contribution in [0.3, 0.4) is 0 Å². The van der Waals surface area contributed by atoms with Crippen LogP contribution in [0.5, 0.6) is 11.5 Å². The molecule has 20 heavy (non-hydrogen) atoms. The van der Waals surface area contributed by atoms with Gasteiger partial charge in [-0.1, -0.05) is 0 Å². The number of carbonyl (C=O) groups is 1. The first-order valence-electron chi connectivity index (χ1n) is 6.50. The second-order valence-electron chi connectivity index (χ2n) is 5.01. The number of hydrogen-bond donors (Lipinski definition) is 2. The number of aliphatic carboxylic acids is 1. The molecule has 0 saturated carbocycles. The van der Waals surface area contributed by atoms with Crippen molar-refractivity contribution in [1.82, 2.24) is 0 Å². The van der Waals surface area contributed by atoms with Crippen LogP contribution in [0.1, 0.15) is 6.42 Å². The molecule has 0 radical (unpaired) electrons. The lowest BCUT2D eigenvalue weighted by molar-refractivity contribution is -0.142. The van der Waals surface area contributed by atoms with E-state index in [0.29, 0.717) is 31.0 Å². The van der Waals surface area contributed by atoms with Crippen LogP contribution in [0.2, 0.25) is 0 Å². The first kappa shape index (κ1) is 14.5. The van der Waals surface area contributed by atoms with E-state index >= 15 is 0 Å². The van der Waals surface area contributed by atoms with Crippen LogP contribution in [0.25, 0.3) is 0 Å². The van der Waals surface area contributed by atoms with Crippen molar-refractivity contribution < 1.29 is 19.4 Å². The third kappa shape index (κ3) is 3.14. The van der Waals surface area contributed by atoms with E-state index in [2.05, 4.69) is 0 Å². The molecule has 2 unspecified atom stereocenters. The van der Waals surface area contributed by atoms with Crippen LogP contribution in [-0.2, 0) is 4.79 Å². The van der Waals surface area contributed by atoms with Crippen molar-refractivity contribution >= 4 is 11.7 Å². The molecule has 1 saturated heterocycles. The third-order valence-corrected chi connectivity index (χ3v) is 3.53. The highest BCUT2D eigenvalue weighted by Crippen LogP contribution is 2.31. The second-order valence-corrected chi connectivity index (χ2v) is 5.01. The molecule has 0 aliphatic carbocycles. The minimum Gasteiger partial charge on any atom is -0.497 e. The van der Waals surface area contributed by atoms with Crippen molar-refractivity contribution in [2.75, 3.05) is 32.2 Å². The average molecular weight is 280 g/mol. The van der Waals surface area contributed by atoms with Gasteiger partial charge in [0.2, 0.25) is 0 Å². The Labute approximate surface area is 118 Å². The summed E-state index contributed by atoms with van der Waals surface area (Å²) in [4.78, 5) is 13.2. The molecule has 2 rings (SSSR count). The number of carboxylic acid groups (broad SMARTS) is 1. The second kappa shape index (κ2) is 6.00. The Balaban J connectivity index is 2.27. The van der Waals surface area contributed by atoms with E-state index in [1.807, 2.05) is 17.0 Å². The number of ether oxygens (including phenoxy) is 2. The summed E-state index contributed by atoms with van der Waals surface area (Å²) >= 11 is 0. The van der Waals surface area contributed by atoms with Crippen molar-refractivity contribution in [2.45, 2.75) is 12.5 Å². The highest BCUT2D eigenvalue weighted by molar-refractivity contribution is 5.71. The maximum Gasteiger partial charge on any atom is 0.308 e. The largest absolute Gasteiger partial charge is 0.497 e. The molecule has 1 aromatic rings. The third-order valence-electron chi connectivity index (χ3n) is 3.53. The number of methoxy groups -OCH3 is 2. The number of carboxylic acids is 1. The van der Waals surface area contributed by atoms with Gasteiger partial charge in [0.15, 0.2) is 0 Å². The van der Waals surface area contributed by atoms with E-state index in [1.54, 1.807) is 20.3 Å². The molecule has 1 heterocycles. The van der Waals surface area contributed by atoms with Crippen LogP contribution in [0.4, 0.5) is 5.69 Å². The number of nitrogens with zero attached hydrogens (tertiary/aromatic N) is 1. The highest BCUT2D eigenvalue weighted by atomic mass is 16.5. The summed E-state index contributed by atoms with van der Waals surface area (Å²) in [5.74, 6) is 0.0895. The molecule has 0 spiro atoms. The van der Waals surface area contributed by atoms with E-state index < -0.39 is 11.9 Å². The number of anilines is 1. The minimum atomic E-state index is -0.806. The molecular weight excluding hydrogens is 260 g/mol. The lowest BCUT2D eigenvalue weighted by Gasteiger charge is -2.36. The SMILES string of the molecule is COc1cc(OC)cc(N2CC(N)CC(C(=O)O)C2)c1. The topological polar surface area (TPSA) is 85.0 Å². The average Bonchev–Trinajstić information content (AvgIpc) is 2.45. The van der Waals surface area contributed by atoms with E-state index in [0.717, 1.165) is 5.69 Å². The van der Waals surface area contributed by atoms with Gasteiger partial charge in [-0.25, -0.2) is 0 Å². The Morgan fingerprint density at radius 2 is 1.85 bits per heavy atom. The monoisotopic (exact) mass is 280 g/mol. The number of piperidine rings is 1. The minimum absolute atomic E-state index is 0.151. The van der Waals surface area contributed by atoms with Gasteiger partial charge in [0.1, 0.15) is 11.5 Å². The number of hydrogen-bond acceptors (Lipinski definition) is 5. The van der Waals surface area contributed by atoms with E-state index in [-0.39, 0.29) is 6.04 Å². The van der Waals surface area contributed by atoms with Gasteiger partial charge in [0, 0.05) is 43.0 Å². The van der Waals surface area contributed by atoms with Gasteiger partial charge < -0.3 is 25.2 Å². The Kier molecular flexibility index (Phi) is 4.34. The smallest absolute Gasteiger partial charge is 0.308 e. The molecule has 1 aromatic carbocycles. The molecule has 1 aliphatic heterocycles. The van der Waals surface area contributed by atoms with Gasteiger partial charge in [0.05, 0.1) is 20.1 Å². The summed E-state index contributed by atoms with van der Waals surface area (Å²) in [5.41, 5.74) is 6.83. The summed E-state index contributed by atoms with van der Waals surface area (Å²) in [5, 5.41) is 9.19. The first-order chi connectivity index (χ1) is 9.53. The number of benzene rings is 1. The van der Waals surface area contributed by atoms with E-state index in [9.17, 15) is 9.90 Å². The van der Waals surface area contributed by atoms with Gasteiger partial charge in [-0.3, -0.25) is 4.79 Å². The van der Waals surface area contributed by atoms with Crippen molar-refractivity contribution in [3.63, 3.8) is 0 Å². The Morgan fingerprint density at radius 3 is 2.35 bits per heavy atom. The van der Waals surface area contributed by atoms with Gasteiger partial charge in [-0.2, -0.15) is 0 Å². The van der Waals surface area contributed by atoms with Crippen molar-refractivity contribution in [3.05, 3.63) is 18.2 Å². The molecule has 2 atom stereocenters. The van der Waals surface area contributed by atoms with Crippen molar-refractivity contribution in [2.24, 2.45) is 11.7 Å². The van der Waals surface area contributed by atoms with E-state index in [4.69, 9.17) is 15.2 Å². The van der Waals surface area contributed by atoms with Crippen LogP contribution >= 0.6 is 0 Å². The van der Waals surface area contributed by atoms with Crippen LogP contribution < -0.4 is 20.1 Å². The molecule has 0 bridgehead atoms. The quantitative estimate of drug-likeness (QED) is 0.854. The number of nitrogens with two attached hydrogens (primary N) is 1. The summed E-state index contributed by atoms with van der Waals surface area (Å²) in [6.07, 6.45) is 0.507. The van der Waals surface area contributed by atoms with Gasteiger partial charge in [0.25, 0.3) is 0 Å². The van der Waals surface area contributed by atoms with Gasteiger partial charge in [-0.05, 0) is 6.42 Å². The fourth-order valence-corrected chi connectivity index (χ4v) is 2.50. The molecule has 0 aromatic heterocycles. The van der Waals surface area contributed by atoms with Gasteiger partial charge >= 0.3 is 5.97 Å². The predicted molar refractivity (Wildman–Crippen MR) is 75.5 cm³/mol. The maximum absolute atomic E-state index is 11.2. The zero-order valence-electron chi connectivity index (χ0n) is 11.7. The molecule has 6 nitrogen and oxygen atoms in total. The lowest BCUT2D eigenvalue weighted by Crippen LogP contribution is -2.49. The van der Waals surface area contributed by atoms with E-state index in [1.165, 1.54) is 0 Å². The van der Waals surface area contributed by atoms with Gasteiger partial charge in [-0.15, -0.1) is 0 Å². The number of rotatable bonds is 4. The summed E-state index contributed by atoms with van der Waals surface area (Å²) in [6, 6.07) is 5.35. The Morgan fingerprint density at radius 1 is 1.25 bits per heavy atom. The predicted octanol–water partition coefficient (Wildman–Crippen LogP) is 0.942. The zero-order valence-corrected chi connectivity index (χ0v) is 11.7. The Bertz CT molecular complexity index is 470. The first-order valence-corrected chi connectivity index (χ1v) is 6.50. The maximum atomic E-state index is 11.2. The normalized spacial score (nSPS) is 22.4. The molecule has 3 N–H and O–H groups in total. The highest BCUT2D eigenvalue weighted by Gasteiger charge is 2.30. The Hall–Kier alpha value is -1.95. The van der Waals surface area contributed by atoms with Crippen LogP contribution in [0, 0.1) is 5.92 Å². The molecular formula is C14H20N2O4. The van der Waals surface area contributed by atoms with Crippen LogP contribution in [-0.4, -0.2) is 44.4 Å².